The molecule has 1 aliphatic rings. The molecule has 1 aliphatic carbocycles. The van der Waals surface area contributed by atoms with E-state index >= 15 is 0 Å². The summed E-state index contributed by atoms with van der Waals surface area (Å²) >= 11 is 0. The molecular weight excluding hydrogens is 260 g/mol. The Balaban J connectivity index is 2.00. The highest BCUT2D eigenvalue weighted by atomic mass is 16.1. The highest BCUT2D eigenvalue weighted by Gasteiger charge is 2.18. The van der Waals surface area contributed by atoms with Crippen LogP contribution in [0.5, 0.6) is 0 Å². The zero-order valence-electron chi connectivity index (χ0n) is 13.3. The Bertz CT molecular complexity index is 458. The van der Waals surface area contributed by atoms with E-state index in [9.17, 15) is 4.79 Å². The van der Waals surface area contributed by atoms with Gasteiger partial charge in [0.05, 0.1) is 6.42 Å². The second kappa shape index (κ2) is 8.06. The minimum atomic E-state index is 0.0659. The van der Waals surface area contributed by atoms with Crippen molar-refractivity contribution in [3.8, 4) is 0 Å². The molecule has 116 valence electrons. The summed E-state index contributed by atoms with van der Waals surface area (Å²) in [5.74, 6) is 0.967. The molecule has 0 bridgehead atoms. The van der Waals surface area contributed by atoms with E-state index in [0.717, 1.165) is 17.2 Å². The normalized spacial score (nSPS) is 22.4. The van der Waals surface area contributed by atoms with Crippen LogP contribution in [0.1, 0.15) is 51.0 Å². The monoisotopic (exact) mass is 288 g/mol. The van der Waals surface area contributed by atoms with Crippen molar-refractivity contribution in [2.75, 3.05) is 12.4 Å². The Kier molecular flexibility index (Phi) is 6.09. The summed E-state index contributed by atoms with van der Waals surface area (Å²) in [5.41, 5.74) is 2.22. The Morgan fingerprint density at radius 1 is 1.19 bits per heavy atom. The minimum Gasteiger partial charge on any atom is -0.382 e. The average molecular weight is 288 g/mol. The van der Waals surface area contributed by atoms with E-state index in [2.05, 4.69) is 23.6 Å². The first kappa shape index (κ1) is 15.9. The van der Waals surface area contributed by atoms with Crippen LogP contribution in [0.4, 0.5) is 5.69 Å². The number of rotatable bonds is 5. The van der Waals surface area contributed by atoms with Gasteiger partial charge in [0.2, 0.25) is 5.91 Å². The Morgan fingerprint density at radius 3 is 2.76 bits per heavy atom. The van der Waals surface area contributed by atoms with Gasteiger partial charge in [0.15, 0.2) is 0 Å². The van der Waals surface area contributed by atoms with E-state index < -0.39 is 0 Å². The first-order valence-corrected chi connectivity index (χ1v) is 8.28. The van der Waals surface area contributed by atoms with Gasteiger partial charge in [0.25, 0.3) is 0 Å². The van der Waals surface area contributed by atoms with Gasteiger partial charge in [-0.05, 0) is 36.8 Å². The van der Waals surface area contributed by atoms with Crippen molar-refractivity contribution >= 4 is 11.6 Å². The molecular formula is C18H28N2O. The van der Waals surface area contributed by atoms with E-state index in [1.807, 2.05) is 18.2 Å². The highest BCUT2D eigenvalue weighted by Crippen LogP contribution is 2.28. The van der Waals surface area contributed by atoms with Gasteiger partial charge >= 0.3 is 0 Å². The second-order valence-electron chi connectivity index (χ2n) is 6.13. The minimum absolute atomic E-state index is 0.0659. The summed E-state index contributed by atoms with van der Waals surface area (Å²) in [7, 11) is 1.69. The van der Waals surface area contributed by atoms with Crippen LogP contribution < -0.4 is 10.6 Å². The standard InChI is InChI=1S/C18H28N2O/c1-3-14-7-6-9-16(12-11-14)20-17-10-5-4-8-15(17)13-18(21)19-2/h4-5,8,10,14,16,20H,3,6-7,9,11-13H2,1-2H3,(H,19,21). The predicted octanol–water partition coefficient (Wildman–Crippen LogP) is 3.75. The molecule has 0 heterocycles. The van der Waals surface area contributed by atoms with Gasteiger partial charge in [0.1, 0.15) is 0 Å². The molecule has 0 aromatic heterocycles. The fourth-order valence-corrected chi connectivity index (χ4v) is 3.23. The summed E-state index contributed by atoms with van der Waals surface area (Å²) in [5, 5.41) is 6.38. The van der Waals surface area contributed by atoms with Crippen molar-refractivity contribution in [2.45, 2.75) is 57.9 Å². The van der Waals surface area contributed by atoms with Gasteiger partial charge in [-0.15, -0.1) is 0 Å². The van der Waals surface area contributed by atoms with E-state index in [1.54, 1.807) is 7.05 Å². The molecule has 1 amide bonds. The number of carbonyl (C=O) groups is 1. The average Bonchev–Trinajstić information content (AvgIpc) is 2.74. The van der Waals surface area contributed by atoms with Crippen molar-refractivity contribution in [1.82, 2.24) is 5.32 Å². The van der Waals surface area contributed by atoms with Crippen molar-refractivity contribution in [2.24, 2.45) is 5.92 Å². The van der Waals surface area contributed by atoms with Gasteiger partial charge in [-0.1, -0.05) is 44.4 Å². The van der Waals surface area contributed by atoms with Gasteiger partial charge < -0.3 is 10.6 Å². The largest absolute Gasteiger partial charge is 0.382 e. The molecule has 0 saturated heterocycles. The van der Waals surface area contributed by atoms with Crippen molar-refractivity contribution in [3.05, 3.63) is 29.8 Å². The van der Waals surface area contributed by atoms with E-state index in [-0.39, 0.29) is 5.91 Å². The lowest BCUT2D eigenvalue weighted by atomic mass is 9.97. The van der Waals surface area contributed by atoms with Gasteiger partial charge in [-0.2, -0.15) is 0 Å². The number of carbonyl (C=O) groups excluding carboxylic acids is 1. The van der Waals surface area contributed by atoms with Crippen LogP contribution >= 0.6 is 0 Å². The van der Waals surface area contributed by atoms with Crippen LogP contribution in [0.15, 0.2) is 24.3 Å². The van der Waals surface area contributed by atoms with Crippen LogP contribution in [0.2, 0.25) is 0 Å². The van der Waals surface area contributed by atoms with E-state index in [0.29, 0.717) is 12.5 Å². The molecule has 1 fully saturated rings. The molecule has 2 unspecified atom stereocenters. The third-order valence-corrected chi connectivity index (χ3v) is 4.67. The summed E-state index contributed by atoms with van der Waals surface area (Å²) < 4.78 is 0. The molecule has 3 heteroatoms. The van der Waals surface area contributed by atoms with Crippen LogP contribution in [-0.4, -0.2) is 19.0 Å². The Labute approximate surface area is 128 Å². The number of hydrogen-bond donors (Lipinski definition) is 2. The van der Waals surface area contributed by atoms with Crippen LogP contribution in [0, 0.1) is 5.92 Å². The maximum atomic E-state index is 11.6. The molecule has 2 atom stereocenters. The lowest BCUT2D eigenvalue weighted by molar-refractivity contribution is -0.119. The fraction of sp³-hybridized carbons (Fsp3) is 0.611. The molecule has 0 aliphatic heterocycles. The fourth-order valence-electron chi connectivity index (χ4n) is 3.23. The Morgan fingerprint density at radius 2 is 2.00 bits per heavy atom. The van der Waals surface area contributed by atoms with Crippen molar-refractivity contribution in [1.29, 1.82) is 0 Å². The van der Waals surface area contributed by atoms with Crippen LogP contribution in [-0.2, 0) is 11.2 Å². The number of hydrogen-bond acceptors (Lipinski definition) is 2. The topological polar surface area (TPSA) is 41.1 Å². The first-order chi connectivity index (χ1) is 10.2. The third-order valence-electron chi connectivity index (χ3n) is 4.67. The highest BCUT2D eigenvalue weighted by molar-refractivity contribution is 5.80. The molecule has 21 heavy (non-hydrogen) atoms. The van der Waals surface area contributed by atoms with Gasteiger partial charge in [-0.25, -0.2) is 0 Å². The number of nitrogens with one attached hydrogen (secondary N) is 2. The predicted molar refractivity (Wildman–Crippen MR) is 88.5 cm³/mol. The van der Waals surface area contributed by atoms with E-state index in [4.69, 9.17) is 0 Å². The Hall–Kier alpha value is -1.51. The lowest BCUT2D eigenvalue weighted by Gasteiger charge is -2.20. The zero-order valence-corrected chi connectivity index (χ0v) is 13.3. The third kappa shape index (κ3) is 4.76. The molecule has 0 radical (unpaired) electrons. The molecule has 3 nitrogen and oxygen atoms in total. The number of benzene rings is 1. The zero-order chi connectivity index (χ0) is 15.1. The summed E-state index contributed by atoms with van der Waals surface area (Å²) in [4.78, 5) is 11.6. The maximum Gasteiger partial charge on any atom is 0.224 e. The quantitative estimate of drug-likeness (QED) is 0.810. The maximum absolute atomic E-state index is 11.6. The summed E-state index contributed by atoms with van der Waals surface area (Å²) in [6.07, 6.45) is 8.25. The van der Waals surface area contributed by atoms with Gasteiger partial charge in [-0.3, -0.25) is 4.79 Å². The second-order valence-corrected chi connectivity index (χ2v) is 6.13. The molecule has 0 spiro atoms. The number of anilines is 1. The number of para-hydroxylation sites is 1. The first-order valence-electron chi connectivity index (χ1n) is 8.28. The molecule has 2 N–H and O–H groups in total. The van der Waals surface area contributed by atoms with Crippen LogP contribution in [0.3, 0.4) is 0 Å². The van der Waals surface area contributed by atoms with Crippen molar-refractivity contribution in [3.63, 3.8) is 0 Å². The van der Waals surface area contributed by atoms with Crippen molar-refractivity contribution < 1.29 is 4.79 Å². The summed E-state index contributed by atoms with van der Waals surface area (Å²) in [6.45, 7) is 2.30. The van der Waals surface area contributed by atoms with Gasteiger partial charge in [0, 0.05) is 18.8 Å². The lowest BCUT2D eigenvalue weighted by Crippen LogP contribution is -2.23. The van der Waals surface area contributed by atoms with Crippen LogP contribution in [0.25, 0.3) is 0 Å². The number of amides is 1. The molecule has 1 saturated carbocycles. The SMILES string of the molecule is CCC1CCCC(Nc2ccccc2CC(=O)NC)CC1. The summed E-state index contributed by atoms with van der Waals surface area (Å²) in [6, 6.07) is 8.74. The smallest absolute Gasteiger partial charge is 0.224 e. The molecule has 1 aromatic carbocycles. The van der Waals surface area contributed by atoms with E-state index in [1.165, 1.54) is 38.5 Å². The molecule has 2 rings (SSSR count). The molecule has 1 aromatic rings. The number of likely N-dealkylation sites (N-methyl/N-ethyl adjacent to an activating group) is 1.